The van der Waals surface area contributed by atoms with Gasteiger partial charge in [-0.05, 0) is 66.7 Å². The van der Waals surface area contributed by atoms with Gasteiger partial charge in [0.05, 0.1) is 6.04 Å². The van der Waals surface area contributed by atoms with Gasteiger partial charge < -0.3 is 9.84 Å². The lowest BCUT2D eigenvalue weighted by Crippen LogP contribution is -2.46. The number of hydrogen-bond acceptors (Lipinski definition) is 4. The van der Waals surface area contributed by atoms with E-state index in [2.05, 4.69) is 35.2 Å². The number of piperidine rings is 1. The Morgan fingerprint density at radius 3 is 2.53 bits per heavy atom. The van der Waals surface area contributed by atoms with E-state index in [1.807, 2.05) is 54.6 Å². The molecule has 0 aliphatic carbocycles. The van der Waals surface area contributed by atoms with E-state index in [9.17, 15) is 9.90 Å². The fourth-order valence-electron chi connectivity index (χ4n) is 4.56. The molecule has 162 valence electrons. The second kappa shape index (κ2) is 9.15. The molecule has 1 aliphatic heterocycles. The fourth-order valence-corrected chi connectivity index (χ4v) is 5.77. The lowest BCUT2D eigenvalue weighted by Gasteiger charge is -2.39. The Morgan fingerprint density at radius 1 is 0.938 bits per heavy atom. The predicted molar refractivity (Wildman–Crippen MR) is 129 cm³/mol. The maximum Gasteiger partial charge on any atom is 0.320 e. The number of fused-ring (bicyclic) bond motifs is 1. The molecular formula is C27H25NO3S. The standard InChI is InChI=1S/C27H25NO3S/c29-27(30)23-14-6-7-16-28(23)26(25-18-19-9-4-5-15-24(19)32-25)20-10-8-13-22(17-20)31-21-11-2-1-3-12-21/h1-5,8-13,15,17-18,23,26H,6-7,14,16H2,(H,29,30). The Bertz CT molecular complexity index is 1190. The largest absolute Gasteiger partial charge is 0.480 e. The lowest BCUT2D eigenvalue weighted by molar-refractivity contribution is -0.145. The molecule has 0 bridgehead atoms. The third kappa shape index (κ3) is 4.27. The topological polar surface area (TPSA) is 49.8 Å². The summed E-state index contributed by atoms with van der Waals surface area (Å²) in [6.45, 7) is 0.764. The van der Waals surface area contributed by atoms with Crippen LogP contribution in [-0.4, -0.2) is 28.6 Å². The van der Waals surface area contributed by atoms with Gasteiger partial charge >= 0.3 is 5.97 Å². The number of benzene rings is 3. The number of carboxylic acid groups (broad SMARTS) is 1. The van der Waals surface area contributed by atoms with Crippen molar-refractivity contribution in [1.82, 2.24) is 4.90 Å². The summed E-state index contributed by atoms with van der Waals surface area (Å²) in [5.41, 5.74) is 1.05. The van der Waals surface area contributed by atoms with Gasteiger partial charge in [-0.3, -0.25) is 9.69 Å². The Kier molecular flexibility index (Phi) is 5.93. The van der Waals surface area contributed by atoms with Crippen LogP contribution in [0.5, 0.6) is 11.5 Å². The summed E-state index contributed by atoms with van der Waals surface area (Å²) in [6.07, 6.45) is 2.63. The van der Waals surface area contributed by atoms with Crippen molar-refractivity contribution in [3.05, 3.63) is 95.4 Å². The van der Waals surface area contributed by atoms with E-state index in [0.717, 1.165) is 41.3 Å². The molecule has 3 aromatic carbocycles. The van der Waals surface area contributed by atoms with Crippen LogP contribution in [0.4, 0.5) is 0 Å². The van der Waals surface area contributed by atoms with Crippen molar-refractivity contribution < 1.29 is 14.6 Å². The molecule has 32 heavy (non-hydrogen) atoms. The van der Waals surface area contributed by atoms with Crippen molar-refractivity contribution in [3.63, 3.8) is 0 Å². The number of thiophene rings is 1. The van der Waals surface area contributed by atoms with Gasteiger partial charge in [0.25, 0.3) is 0 Å². The molecular weight excluding hydrogens is 418 g/mol. The molecule has 1 saturated heterocycles. The van der Waals surface area contributed by atoms with E-state index in [-0.39, 0.29) is 6.04 Å². The normalized spacial score (nSPS) is 17.8. The van der Waals surface area contributed by atoms with E-state index < -0.39 is 12.0 Å². The number of carbonyl (C=O) groups is 1. The van der Waals surface area contributed by atoms with Gasteiger partial charge in [-0.1, -0.05) is 55.0 Å². The zero-order valence-corrected chi connectivity index (χ0v) is 18.5. The summed E-state index contributed by atoms with van der Waals surface area (Å²) >= 11 is 1.74. The van der Waals surface area contributed by atoms with Crippen LogP contribution >= 0.6 is 11.3 Å². The van der Waals surface area contributed by atoms with Crippen LogP contribution in [0.1, 0.15) is 35.7 Å². The first-order valence-corrected chi connectivity index (χ1v) is 11.8. The van der Waals surface area contributed by atoms with Crippen molar-refractivity contribution in [2.24, 2.45) is 0 Å². The Hall–Kier alpha value is -3.15. The first-order chi connectivity index (χ1) is 15.7. The van der Waals surface area contributed by atoms with Gasteiger partial charge in [0, 0.05) is 9.58 Å². The molecule has 0 spiro atoms. The van der Waals surface area contributed by atoms with Crippen molar-refractivity contribution in [3.8, 4) is 11.5 Å². The molecule has 5 rings (SSSR count). The average Bonchev–Trinajstić information content (AvgIpc) is 3.24. The zero-order valence-electron chi connectivity index (χ0n) is 17.7. The van der Waals surface area contributed by atoms with Gasteiger partial charge in [0.2, 0.25) is 0 Å². The molecule has 1 fully saturated rings. The molecule has 1 aromatic heterocycles. The lowest BCUT2D eigenvalue weighted by atomic mass is 9.95. The van der Waals surface area contributed by atoms with E-state index in [1.54, 1.807) is 11.3 Å². The molecule has 2 unspecified atom stereocenters. The number of ether oxygens (including phenoxy) is 1. The third-order valence-corrected chi connectivity index (χ3v) is 7.20. The number of hydrogen-bond donors (Lipinski definition) is 1. The molecule has 4 nitrogen and oxygen atoms in total. The van der Waals surface area contributed by atoms with E-state index in [4.69, 9.17) is 4.74 Å². The van der Waals surface area contributed by atoms with Crippen LogP contribution in [0.15, 0.2) is 84.9 Å². The highest BCUT2D eigenvalue weighted by Crippen LogP contribution is 2.40. The number of para-hydroxylation sites is 1. The Balaban J connectivity index is 1.58. The predicted octanol–water partition coefficient (Wildman–Crippen LogP) is 6.72. The highest BCUT2D eigenvalue weighted by atomic mass is 32.1. The monoisotopic (exact) mass is 443 g/mol. The minimum atomic E-state index is -0.743. The highest BCUT2D eigenvalue weighted by molar-refractivity contribution is 7.19. The van der Waals surface area contributed by atoms with Crippen molar-refractivity contribution in [1.29, 1.82) is 0 Å². The zero-order chi connectivity index (χ0) is 21.9. The third-order valence-electron chi connectivity index (χ3n) is 6.03. The minimum Gasteiger partial charge on any atom is -0.480 e. The van der Waals surface area contributed by atoms with Crippen LogP contribution in [0.2, 0.25) is 0 Å². The van der Waals surface area contributed by atoms with Gasteiger partial charge in [-0.25, -0.2) is 0 Å². The van der Waals surface area contributed by atoms with Gasteiger partial charge in [-0.2, -0.15) is 0 Å². The first-order valence-electron chi connectivity index (χ1n) is 11.0. The SMILES string of the molecule is O=C(O)C1CCCCN1C(c1cccc(Oc2ccccc2)c1)c1cc2ccccc2s1. The minimum absolute atomic E-state index is 0.131. The summed E-state index contributed by atoms with van der Waals surface area (Å²) in [5.74, 6) is 0.792. The van der Waals surface area contributed by atoms with Crippen LogP contribution in [0.25, 0.3) is 10.1 Å². The molecule has 2 atom stereocenters. The van der Waals surface area contributed by atoms with E-state index >= 15 is 0 Å². The molecule has 5 heteroatoms. The van der Waals surface area contributed by atoms with Crippen LogP contribution in [-0.2, 0) is 4.79 Å². The quantitative estimate of drug-likeness (QED) is 0.359. The van der Waals surface area contributed by atoms with Crippen LogP contribution in [0.3, 0.4) is 0 Å². The molecule has 1 aliphatic rings. The smallest absolute Gasteiger partial charge is 0.320 e. The van der Waals surface area contributed by atoms with Crippen LogP contribution < -0.4 is 4.74 Å². The number of rotatable bonds is 6. The summed E-state index contributed by atoms with van der Waals surface area (Å²) in [6, 6.07) is 27.7. The van der Waals surface area contributed by atoms with Gasteiger partial charge in [-0.15, -0.1) is 11.3 Å². The van der Waals surface area contributed by atoms with Crippen molar-refractivity contribution in [2.45, 2.75) is 31.3 Å². The molecule has 2 heterocycles. The molecule has 0 radical (unpaired) electrons. The van der Waals surface area contributed by atoms with Gasteiger partial charge in [0.1, 0.15) is 17.5 Å². The summed E-state index contributed by atoms with van der Waals surface area (Å²) in [5, 5.41) is 11.2. The highest BCUT2D eigenvalue weighted by Gasteiger charge is 2.36. The van der Waals surface area contributed by atoms with Crippen molar-refractivity contribution in [2.75, 3.05) is 6.54 Å². The fraction of sp³-hybridized carbons (Fsp3) is 0.222. The Labute approximate surface area is 191 Å². The van der Waals surface area contributed by atoms with E-state index in [0.29, 0.717) is 6.42 Å². The second-order valence-electron chi connectivity index (χ2n) is 8.16. The summed E-state index contributed by atoms with van der Waals surface area (Å²) in [4.78, 5) is 15.5. The summed E-state index contributed by atoms with van der Waals surface area (Å²) in [7, 11) is 0. The first kappa shape index (κ1) is 20.7. The number of aliphatic carboxylic acids is 1. The number of carboxylic acids is 1. The molecule has 4 aromatic rings. The van der Waals surface area contributed by atoms with Gasteiger partial charge in [0.15, 0.2) is 0 Å². The maximum atomic E-state index is 12.1. The average molecular weight is 444 g/mol. The number of nitrogens with zero attached hydrogens (tertiary/aromatic N) is 1. The Morgan fingerprint density at radius 2 is 1.72 bits per heavy atom. The maximum absolute atomic E-state index is 12.1. The molecule has 0 saturated carbocycles. The summed E-state index contributed by atoms with van der Waals surface area (Å²) < 4.78 is 7.31. The van der Waals surface area contributed by atoms with Crippen LogP contribution in [0, 0.1) is 0 Å². The second-order valence-corrected chi connectivity index (χ2v) is 9.28. The molecule has 1 N–H and O–H groups in total. The number of likely N-dealkylation sites (tertiary alicyclic amines) is 1. The van der Waals surface area contributed by atoms with Crippen molar-refractivity contribution >= 4 is 27.4 Å². The van der Waals surface area contributed by atoms with E-state index in [1.165, 1.54) is 10.1 Å². The molecule has 0 amide bonds.